The van der Waals surface area contributed by atoms with Crippen molar-refractivity contribution in [2.45, 2.75) is 26.7 Å². The van der Waals surface area contributed by atoms with Gasteiger partial charge in [0.1, 0.15) is 0 Å². The second kappa shape index (κ2) is 5.33. The Hall–Kier alpha value is -2.35. The number of hydrogen-bond donors (Lipinski definition) is 1. The Labute approximate surface area is 118 Å². The smallest absolute Gasteiger partial charge is 0.328 e. The zero-order chi connectivity index (χ0) is 14.8. The van der Waals surface area contributed by atoms with Gasteiger partial charge in [-0.25, -0.2) is 9.69 Å². The summed E-state index contributed by atoms with van der Waals surface area (Å²) in [6.07, 6.45) is 1.35. The third-order valence-electron chi connectivity index (χ3n) is 4.05. The van der Waals surface area contributed by atoms with Gasteiger partial charge >= 0.3 is 6.03 Å². The van der Waals surface area contributed by atoms with Crippen LogP contribution in [0.3, 0.4) is 0 Å². The molecule has 0 saturated carbocycles. The lowest BCUT2D eigenvalue weighted by Crippen LogP contribution is -2.60. The molecule has 3 amide bonds. The van der Waals surface area contributed by atoms with Crippen LogP contribution in [0, 0.1) is 16.7 Å². The number of nitriles is 1. The van der Waals surface area contributed by atoms with Crippen LogP contribution in [0.15, 0.2) is 24.3 Å². The third kappa shape index (κ3) is 2.14. The van der Waals surface area contributed by atoms with Crippen molar-refractivity contribution in [1.82, 2.24) is 5.32 Å². The molecule has 0 atom stereocenters. The number of carbonyl (C=O) groups is 2. The minimum atomic E-state index is -0.540. The van der Waals surface area contributed by atoms with E-state index in [1.165, 1.54) is 4.90 Å². The van der Waals surface area contributed by atoms with Gasteiger partial charge in [0, 0.05) is 6.54 Å². The Balaban J connectivity index is 2.39. The normalized spacial score (nSPS) is 17.6. The van der Waals surface area contributed by atoms with Crippen LogP contribution < -0.4 is 10.2 Å². The van der Waals surface area contributed by atoms with Crippen LogP contribution in [0.5, 0.6) is 0 Å². The number of nitrogens with zero attached hydrogens (tertiary/aromatic N) is 2. The monoisotopic (exact) mass is 271 g/mol. The maximum Gasteiger partial charge on any atom is 0.328 e. The summed E-state index contributed by atoms with van der Waals surface area (Å²) in [7, 11) is 0. The SMILES string of the molecule is CCC1(CC)CNC(=O)N(c2ccc(C#N)cc2)C1=O. The maximum absolute atomic E-state index is 12.7. The molecule has 1 aromatic carbocycles. The number of nitrogens with one attached hydrogen (secondary N) is 1. The molecule has 0 aliphatic carbocycles. The van der Waals surface area contributed by atoms with Crippen molar-refractivity contribution >= 4 is 17.6 Å². The van der Waals surface area contributed by atoms with E-state index in [9.17, 15) is 9.59 Å². The van der Waals surface area contributed by atoms with Gasteiger partial charge in [-0.15, -0.1) is 0 Å². The molecule has 0 spiro atoms. The molecule has 1 aliphatic rings. The number of urea groups is 1. The number of anilines is 1. The van der Waals surface area contributed by atoms with Crippen molar-refractivity contribution in [1.29, 1.82) is 5.26 Å². The number of carbonyl (C=O) groups excluding carboxylic acids is 2. The number of imide groups is 1. The number of amides is 3. The quantitative estimate of drug-likeness (QED) is 0.917. The van der Waals surface area contributed by atoms with Gasteiger partial charge in [-0.05, 0) is 37.1 Å². The highest BCUT2D eigenvalue weighted by atomic mass is 16.2. The van der Waals surface area contributed by atoms with Crippen LogP contribution in [0.25, 0.3) is 0 Å². The predicted octanol–water partition coefficient (Wildman–Crippen LogP) is 2.42. The molecule has 0 aromatic heterocycles. The van der Waals surface area contributed by atoms with E-state index in [-0.39, 0.29) is 5.91 Å². The second-order valence-corrected chi connectivity index (χ2v) is 4.95. The molecule has 5 heteroatoms. The van der Waals surface area contributed by atoms with Gasteiger partial charge in [0.2, 0.25) is 5.91 Å². The lowest BCUT2D eigenvalue weighted by Gasteiger charge is -2.39. The summed E-state index contributed by atoms with van der Waals surface area (Å²) in [6.45, 7) is 4.29. The minimum absolute atomic E-state index is 0.170. The van der Waals surface area contributed by atoms with E-state index in [0.29, 0.717) is 30.6 Å². The first kappa shape index (κ1) is 14.1. The molecule has 1 N–H and O–H groups in total. The van der Waals surface area contributed by atoms with Crippen LogP contribution in [0.2, 0.25) is 0 Å². The Kier molecular flexibility index (Phi) is 3.75. The fraction of sp³-hybridized carbons (Fsp3) is 0.400. The lowest BCUT2D eigenvalue weighted by atomic mass is 9.79. The van der Waals surface area contributed by atoms with Crippen LogP contribution in [0.4, 0.5) is 10.5 Å². The first-order valence-electron chi connectivity index (χ1n) is 6.70. The van der Waals surface area contributed by atoms with E-state index >= 15 is 0 Å². The number of hydrogen-bond acceptors (Lipinski definition) is 3. The molecule has 104 valence electrons. The molecular formula is C15H17N3O2. The molecule has 5 nitrogen and oxygen atoms in total. The minimum Gasteiger partial charge on any atom is -0.336 e. The summed E-state index contributed by atoms with van der Waals surface area (Å²) in [5.41, 5.74) is 0.454. The largest absolute Gasteiger partial charge is 0.336 e. The maximum atomic E-state index is 12.7. The zero-order valence-electron chi connectivity index (χ0n) is 11.6. The highest BCUT2D eigenvalue weighted by Crippen LogP contribution is 2.33. The van der Waals surface area contributed by atoms with Crippen LogP contribution in [-0.2, 0) is 4.79 Å². The van der Waals surface area contributed by atoms with Crippen molar-refractivity contribution in [3.63, 3.8) is 0 Å². The molecule has 0 bridgehead atoms. The van der Waals surface area contributed by atoms with Gasteiger partial charge in [0.05, 0.1) is 22.7 Å². The van der Waals surface area contributed by atoms with Gasteiger partial charge in [-0.2, -0.15) is 5.26 Å². The van der Waals surface area contributed by atoms with Crippen LogP contribution in [0.1, 0.15) is 32.3 Å². The molecule has 2 rings (SSSR count). The molecule has 1 fully saturated rings. The summed E-state index contributed by atoms with van der Waals surface area (Å²) < 4.78 is 0. The molecular weight excluding hydrogens is 254 g/mol. The molecule has 1 saturated heterocycles. The van der Waals surface area contributed by atoms with Gasteiger partial charge in [-0.3, -0.25) is 4.79 Å². The Morgan fingerprint density at radius 2 is 1.85 bits per heavy atom. The van der Waals surface area contributed by atoms with Crippen molar-refractivity contribution in [2.24, 2.45) is 5.41 Å². The molecule has 1 aliphatic heterocycles. The standard InChI is InChI=1S/C15H17N3O2/c1-3-15(4-2)10-17-14(20)18(13(15)19)12-7-5-11(9-16)6-8-12/h5-8H,3-4,10H2,1-2H3,(H,17,20). The highest BCUT2D eigenvalue weighted by molar-refractivity contribution is 6.18. The van der Waals surface area contributed by atoms with E-state index in [4.69, 9.17) is 5.26 Å². The summed E-state index contributed by atoms with van der Waals surface area (Å²) in [5, 5.41) is 11.6. The average molecular weight is 271 g/mol. The first-order valence-corrected chi connectivity index (χ1v) is 6.70. The van der Waals surface area contributed by atoms with Crippen molar-refractivity contribution < 1.29 is 9.59 Å². The van der Waals surface area contributed by atoms with Crippen molar-refractivity contribution in [3.8, 4) is 6.07 Å². The summed E-state index contributed by atoms with van der Waals surface area (Å²) >= 11 is 0. The molecule has 0 radical (unpaired) electrons. The van der Waals surface area contributed by atoms with Gasteiger partial charge in [0.25, 0.3) is 0 Å². The number of rotatable bonds is 3. The van der Waals surface area contributed by atoms with Crippen molar-refractivity contribution in [3.05, 3.63) is 29.8 Å². The number of benzene rings is 1. The molecule has 20 heavy (non-hydrogen) atoms. The first-order chi connectivity index (χ1) is 9.57. The fourth-order valence-corrected chi connectivity index (χ4v) is 2.45. The van der Waals surface area contributed by atoms with E-state index in [1.54, 1.807) is 24.3 Å². The van der Waals surface area contributed by atoms with Gasteiger partial charge < -0.3 is 5.32 Å². The van der Waals surface area contributed by atoms with E-state index < -0.39 is 11.4 Å². The molecule has 0 unspecified atom stereocenters. The second-order valence-electron chi connectivity index (χ2n) is 4.95. The topological polar surface area (TPSA) is 73.2 Å². The van der Waals surface area contributed by atoms with Gasteiger partial charge in [-0.1, -0.05) is 13.8 Å². The Bertz CT molecular complexity index is 568. The summed E-state index contributed by atoms with van der Waals surface area (Å²) in [6, 6.07) is 8.06. The average Bonchev–Trinajstić information content (AvgIpc) is 2.49. The van der Waals surface area contributed by atoms with E-state index in [1.807, 2.05) is 19.9 Å². The third-order valence-corrected chi connectivity index (χ3v) is 4.05. The highest BCUT2D eigenvalue weighted by Gasteiger charge is 2.45. The fourth-order valence-electron chi connectivity index (χ4n) is 2.45. The molecule has 1 heterocycles. The summed E-state index contributed by atoms with van der Waals surface area (Å²) in [4.78, 5) is 25.9. The van der Waals surface area contributed by atoms with Crippen LogP contribution in [-0.4, -0.2) is 18.5 Å². The van der Waals surface area contributed by atoms with Crippen molar-refractivity contribution in [2.75, 3.05) is 11.4 Å². The Morgan fingerprint density at radius 1 is 1.25 bits per heavy atom. The molecule has 1 aromatic rings. The lowest BCUT2D eigenvalue weighted by molar-refractivity contribution is -0.128. The predicted molar refractivity (Wildman–Crippen MR) is 75.1 cm³/mol. The van der Waals surface area contributed by atoms with Gasteiger partial charge in [0.15, 0.2) is 0 Å². The van der Waals surface area contributed by atoms with Crippen LogP contribution >= 0.6 is 0 Å². The Morgan fingerprint density at radius 3 is 2.35 bits per heavy atom. The summed E-state index contributed by atoms with van der Waals surface area (Å²) in [5.74, 6) is -0.170. The van der Waals surface area contributed by atoms with E-state index in [2.05, 4.69) is 5.32 Å². The zero-order valence-corrected chi connectivity index (χ0v) is 11.6. The van der Waals surface area contributed by atoms with E-state index in [0.717, 1.165) is 0 Å².